The van der Waals surface area contributed by atoms with Gasteiger partial charge in [-0.1, -0.05) is 19.1 Å². The number of hydrogen-bond acceptors (Lipinski definition) is 4. The summed E-state index contributed by atoms with van der Waals surface area (Å²) in [6.45, 7) is 6.68. The number of fused-ring (bicyclic) bond motifs is 1. The standard InChI is InChI=1S/C18H23N5O2/c1-18(2)15-10-22(11-16(15)18)17(24)19-8-12-9-23(21-20-12)13-4-6-14(25-3)7-5-13/h4-7,9,15-16H,8,10-11H2,1-3H3,(H,19,24). The number of carbonyl (C=O) groups is 1. The Morgan fingerprint density at radius 3 is 2.60 bits per heavy atom. The van der Waals surface area contributed by atoms with Crippen LogP contribution in [-0.2, 0) is 6.54 Å². The zero-order chi connectivity index (χ0) is 17.6. The van der Waals surface area contributed by atoms with Crippen LogP contribution in [0, 0.1) is 17.3 Å². The van der Waals surface area contributed by atoms with E-state index in [1.807, 2.05) is 35.4 Å². The molecular formula is C18H23N5O2. The van der Waals surface area contributed by atoms with Gasteiger partial charge in [-0.15, -0.1) is 5.10 Å². The Balaban J connectivity index is 1.32. The lowest BCUT2D eigenvalue weighted by Crippen LogP contribution is -2.40. The lowest BCUT2D eigenvalue weighted by Gasteiger charge is -2.22. The van der Waals surface area contributed by atoms with Crippen LogP contribution in [0.4, 0.5) is 4.79 Å². The molecule has 0 spiro atoms. The molecule has 2 heterocycles. The summed E-state index contributed by atoms with van der Waals surface area (Å²) >= 11 is 0. The van der Waals surface area contributed by atoms with E-state index in [-0.39, 0.29) is 6.03 Å². The van der Waals surface area contributed by atoms with E-state index in [9.17, 15) is 4.79 Å². The molecule has 1 saturated heterocycles. The van der Waals surface area contributed by atoms with Gasteiger partial charge in [0.15, 0.2) is 0 Å². The number of ether oxygens (including phenoxy) is 1. The first kappa shape index (κ1) is 15.9. The minimum Gasteiger partial charge on any atom is -0.497 e. The number of likely N-dealkylation sites (tertiary alicyclic amines) is 1. The van der Waals surface area contributed by atoms with Gasteiger partial charge < -0.3 is 15.0 Å². The van der Waals surface area contributed by atoms with Gasteiger partial charge in [0.1, 0.15) is 11.4 Å². The molecule has 7 heteroatoms. The van der Waals surface area contributed by atoms with Crippen LogP contribution >= 0.6 is 0 Å². The highest BCUT2D eigenvalue weighted by molar-refractivity contribution is 5.74. The number of carbonyl (C=O) groups excluding carboxylic acids is 1. The van der Waals surface area contributed by atoms with Crippen LogP contribution in [0.5, 0.6) is 5.75 Å². The van der Waals surface area contributed by atoms with E-state index in [0.29, 0.717) is 23.8 Å². The van der Waals surface area contributed by atoms with Crippen molar-refractivity contribution >= 4 is 6.03 Å². The molecule has 2 aromatic rings. The zero-order valence-corrected chi connectivity index (χ0v) is 14.8. The average Bonchev–Trinajstić information content (AvgIpc) is 3.09. The molecule has 2 atom stereocenters. The Morgan fingerprint density at radius 1 is 1.28 bits per heavy atom. The van der Waals surface area contributed by atoms with Crippen molar-refractivity contribution in [2.45, 2.75) is 20.4 Å². The summed E-state index contributed by atoms with van der Waals surface area (Å²) in [6, 6.07) is 7.56. The maximum Gasteiger partial charge on any atom is 0.317 e. The summed E-state index contributed by atoms with van der Waals surface area (Å²) in [4.78, 5) is 14.2. The van der Waals surface area contributed by atoms with E-state index in [0.717, 1.165) is 30.2 Å². The van der Waals surface area contributed by atoms with Gasteiger partial charge in [-0.2, -0.15) is 0 Å². The molecule has 0 bridgehead atoms. The quantitative estimate of drug-likeness (QED) is 0.924. The number of aromatic nitrogens is 3. The van der Waals surface area contributed by atoms with Gasteiger partial charge >= 0.3 is 6.03 Å². The van der Waals surface area contributed by atoms with Gasteiger partial charge in [0.25, 0.3) is 0 Å². The van der Waals surface area contributed by atoms with Gasteiger partial charge in [0.2, 0.25) is 0 Å². The van der Waals surface area contributed by atoms with Crippen molar-refractivity contribution in [3.8, 4) is 11.4 Å². The van der Waals surface area contributed by atoms with Crippen molar-refractivity contribution in [3.63, 3.8) is 0 Å². The predicted octanol–water partition coefficient (Wildman–Crippen LogP) is 2.07. The van der Waals surface area contributed by atoms with Crippen LogP contribution < -0.4 is 10.1 Å². The molecule has 2 fully saturated rings. The SMILES string of the molecule is COc1ccc(-n2cc(CNC(=O)N3CC4C(C3)C4(C)C)nn2)cc1. The van der Waals surface area contributed by atoms with Gasteiger partial charge in [-0.25, -0.2) is 9.48 Å². The normalized spacial score (nSPS) is 23.2. The van der Waals surface area contributed by atoms with Crippen molar-refractivity contribution < 1.29 is 9.53 Å². The lowest BCUT2D eigenvalue weighted by atomic mass is 10.1. The van der Waals surface area contributed by atoms with Crippen molar-refractivity contribution in [3.05, 3.63) is 36.2 Å². The molecule has 2 amide bonds. The molecule has 2 unspecified atom stereocenters. The first-order chi connectivity index (χ1) is 12.0. The second-order valence-electron chi connectivity index (χ2n) is 7.45. The number of benzene rings is 1. The Morgan fingerprint density at radius 2 is 1.96 bits per heavy atom. The summed E-state index contributed by atoms with van der Waals surface area (Å²) in [6.07, 6.45) is 1.83. The summed E-state index contributed by atoms with van der Waals surface area (Å²) in [5.41, 5.74) is 2.04. The molecule has 1 aliphatic carbocycles. The van der Waals surface area contributed by atoms with Crippen LogP contribution in [0.1, 0.15) is 19.5 Å². The maximum absolute atomic E-state index is 12.3. The highest BCUT2D eigenvalue weighted by Gasteiger charge is 2.62. The molecule has 0 radical (unpaired) electrons. The molecular weight excluding hydrogens is 318 g/mol. The van der Waals surface area contributed by atoms with Crippen molar-refractivity contribution in [2.24, 2.45) is 17.3 Å². The third-order valence-corrected chi connectivity index (χ3v) is 5.71. The molecule has 4 rings (SSSR count). The third-order valence-electron chi connectivity index (χ3n) is 5.71. The van der Waals surface area contributed by atoms with Crippen molar-refractivity contribution in [1.29, 1.82) is 0 Å². The molecule has 1 aromatic carbocycles. The van der Waals surface area contributed by atoms with Crippen LogP contribution in [0.3, 0.4) is 0 Å². The Hall–Kier alpha value is -2.57. The Bertz CT molecular complexity index is 769. The monoisotopic (exact) mass is 341 g/mol. The first-order valence-corrected chi connectivity index (χ1v) is 8.57. The van der Waals surface area contributed by atoms with E-state index in [1.54, 1.807) is 11.8 Å². The van der Waals surface area contributed by atoms with Crippen LogP contribution in [-0.4, -0.2) is 46.1 Å². The molecule has 1 aromatic heterocycles. The van der Waals surface area contributed by atoms with E-state index in [4.69, 9.17) is 4.74 Å². The smallest absolute Gasteiger partial charge is 0.317 e. The van der Waals surface area contributed by atoms with E-state index in [2.05, 4.69) is 29.5 Å². The molecule has 1 saturated carbocycles. The molecule has 132 valence electrons. The fourth-order valence-electron chi connectivity index (χ4n) is 3.82. The van der Waals surface area contributed by atoms with E-state index < -0.39 is 0 Å². The van der Waals surface area contributed by atoms with Crippen LogP contribution in [0.2, 0.25) is 0 Å². The minimum absolute atomic E-state index is 0.0120. The molecule has 25 heavy (non-hydrogen) atoms. The highest BCUT2D eigenvalue weighted by atomic mass is 16.5. The number of urea groups is 1. The van der Waals surface area contributed by atoms with Crippen LogP contribution in [0.25, 0.3) is 5.69 Å². The summed E-state index contributed by atoms with van der Waals surface area (Å²) in [7, 11) is 1.63. The molecule has 1 aliphatic heterocycles. The number of nitrogens with one attached hydrogen (secondary N) is 1. The van der Waals surface area contributed by atoms with Crippen molar-refractivity contribution in [2.75, 3.05) is 20.2 Å². The number of methoxy groups -OCH3 is 1. The Labute approximate surface area is 147 Å². The maximum atomic E-state index is 12.3. The molecule has 1 N–H and O–H groups in total. The third kappa shape index (κ3) is 2.83. The number of rotatable bonds is 4. The van der Waals surface area contributed by atoms with Gasteiger partial charge in [-0.3, -0.25) is 0 Å². The van der Waals surface area contributed by atoms with Crippen LogP contribution in [0.15, 0.2) is 30.5 Å². The van der Waals surface area contributed by atoms with E-state index >= 15 is 0 Å². The van der Waals surface area contributed by atoms with E-state index in [1.165, 1.54) is 0 Å². The van der Waals surface area contributed by atoms with Gasteiger partial charge in [-0.05, 0) is 41.5 Å². The van der Waals surface area contributed by atoms with Gasteiger partial charge in [0.05, 0.1) is 25.5 Å². The fraction of sp³-hybridized carbons (Fsp3) is 0.500. The molecule has 7 nitrogen and oxygen atoms in total. The minimum atomic E-state index is -0.0120. The summed E-state index contributed by atoms with van der Waals surface area (Å²) < 4.78 is 6.84. The number of hydrogen-bond donors (Lipinski definition) is 1. The topological polar surface area (TPSA) is 72.3 Å². The van der Waals surface area contributed by atoms with Crippen molar-refractivity contribution in [1.82, 2.24) is 25.2 Å². The van der Waals surface area contributed by atoms with Gasteiger partial charge in [0, 0.05) is 13.1 Å². The highest BCUT2D eigenvalue weighted by Crippen LogP contribution is 2.61. The second-order valence-corrected chi connectivity index (χ2v) is 7.45. The fourth-order valence-corrected chi connectivity index (χ4v) is 3.82. The average molecular weight is 341 g/mol. The zero-order valence-electron chi connectivity index (χ0n) is 14.8. The number of nitrogens with zero attached hydrogens (tertiary/aromatic N) is 4. The number of piperidine rings is 1. The second kappa shape index (κ2) is 5.75. The predicted molar refractivity (Wildman–Crippen MR) is 92.5 cm³/mol. The first-order valence-electron chi connectivity index (χ1n) is 8.57. The lowest BCUT2D eigenvalue weighted by molar-refractivity contribution is 0.195. The number of amides is 2. The summed E-state index contributed by atoms with van der Waals surface area (Å²) in [5, 5.41) is 11.2. The Kier molecular flexibility index (Phi) is 3.67. The molecule has 2 aliphatic rings. The summed E-state index contributed by atoms with van der Waals surface area (Å²) in [5.74, 6) is 2.12. The largest absolute Gasteiger partial charge is 0.497 e.